The summed E-state index contributed by atoms with van der Waals surface area (Å²) in [4.78, 5) is 10.5. The van der Waals surface area contributed by atoms with Crippen LogP contribution < -0.4 is 4.74 Å². The molecule has 2 aromatic carbocycles. The summed E-state index contributed by atoms with van der Waals surface area (Å²) in [5, 5.41) is 12.2. The number of hydrogen-bond donors (Lipinski definition) is 0. The molecule has 0 fully saturated rings. The molecule has 2 rings (SSSR count). The Hall–Kier alpha value is -1.59. The smallest absolute Gasteiger partial charge is 0.310 e. The normalized spacial score (nSPS) is 10.3. The van der Waals surface area contributed by atoms with E-state index in [0.717, 1.165) is 11.1 Å². The first-order valence-corrected chi connectivity index (χ1v) is 7.30. The van der Waals surface area contributed by atoms with Crippen molar-refractivity contribution in [3.63, 3.8) is 0 Å². The van der Waals surface area contributed by atoms with Crippen LogP contribution in [0.15, 0.2) is 42.5 Å². The van der Waals surface area contributed by atoms with Crippen LogP contribution in [0.4, 0.5) is 5.69 Å². The average Bonchev–Trinajstić information content (AvgIpc) is 2.44. The van der Waals surface area contributed by atoms with Gasteiger partial charge in [0.05, 0.1) is 4.92 Å². The zero-order valence-corrected chi connectivity index (χ0v) is 12.7. The zero-order valence-electron chi connectivity index (χ0n) is 10.4. The van der Waals surface area contributed by atoms with Gasteiger partial charge in [0.15, 0.2) is 5.75 Å². The minimum Gasteiger partial charge on any atom is -0.482 e. The second kappa shape index (κ2) is 6.72. The molecule has 0 aliphatic carbocycles. The molecule has 0 aromatic heterocycles. The minimum atomic E-state index is -0.453. The monoisotopic (exact) mass is 355 g/mol. The first kappa shape index (κ1) is 14.8. The van der Waals surface area contributed by atoms with Crippen molar-refractivity contribution in [1.29, 1.82) is 0 Å². The number of nitro benzene ring substituents is 1. The summed E-state index contributed by atoms with van der Waals surface area (Å²) >= 11 is 9.20. The molecular formula is C14H11BrClNO3. The van der Waals surface area contributed by atoms with E-state index < -0.39 is 4.92 Å². The molecule has 0 aliphatic rings. The molecule has 0 unspecified atom stereocenters. The minimum absolute atomic E-state index is 0.0447. The van der Waals surface area contributed by atoms with E-state index in [0.29, 0.717) is 10.4 Å². The van der Waals surface area contributed by atoms with Crippen molar-refractivity contribution in [1.82, 2.24) is 0 Å². The van der Waals surface area contributed by atoms with E-state index in [1.807, 2.05) is 12.1 Å². The lowest BCUT2D eigenvalue weighted by atomic mass is 10.2. The lowest BCUT2D eigenvalue weighted by Gasteiger charge is -2.08. The van der Waals surface area contributed by atoms with E-state index >= 15 is 0 Å². The Bertz CT molecular complexity index is 634. The van der Waals surface area contributed by atoms with E-state index in [2.05, 4.69) is 15.9 Å². The second-order valence-electron chi connectivity index (χ2n) is 4.11. The van der Waals surface area contributed by atoms with Crippen LogP contribution >= 0.6 is 27.5 Å². The second-order valence-corrected chi connectivity index (χ2v) is 5.11. The van der Waals surface area contributed by atoms with Gasteiger partial charge in [0.2, 0.25) is 0 Å². The van der Waals surface area contributed by atoms with Crippen LogP contribution in [0.25, 0.3) is 0 Å². The first-order chi connectivity index (χ1) is 9.60. The molecule has 0 radical (unpaired) electrons. The highest BCUT2D eigenvalue weighted by atomic mass is 79.9. The molecule has 104 valence electrons. The van der Waals surface area contributed by atoms with Crippen molar-refractivity contribution in [2.45, 2.75) is 11.9 Å². The fraction of sp³-hybridized carbons (Fsp3) is 0.143. The van der Waals surface area contributed by atoms with E-state index in [4.69, 9.17) is 16.3 Å². The van der Waals surface area contributed by atoms with Crippen LogP contribution in [0.2, 0.25) is 5.02 Å². The van der Waals surface area contributed by atoms with Gasteiger partial charge in [0.25, 0.3) is 0 Å². The van der Waals surface area contributed by atoms with Crippen molar-refractivity contribution in [2.24, 2.45) is 0 Å². The molecule has 0 spiro atoms. The molecule has 0 amide bonds. The molecule has 0 bridgehead atoms. The standard InChI is InChI=1S/C14H11BrClNO3/c15-8-10-4-5-13(17(18)19)14(7-10)20-9-11-2-1-3-12(16)6-11/h1-7H,8-9H2. The first-order valence-electron chi connectivity index (χ1n) is 5.80. The van der Waals surface area contributed by atoms with Gasteiger partial charge in [-0.15, -0.1) is 0 Å². The quantitative estimate of drug-likeness (QED) is 0.442. The predicted molar refractivity (Wildman–Crippen MR) is 81.5 cm³/mol. The Morgan fingerprint density at radius 3 is 2.65 bits per heavy atom. The molecule has 6 heteroatoms. The highest BCUT2D eigenvalue weighted by molar-refractivity contribution is 9.08. The number of ether oxygens (including phenoxy) is 1. The Balaban J connectivity index is 2.21. The zero-order chi connectivity index (χ0) is 14.5. The van der Waals surface area contributed by atoms with Crippen molar-refractivity contribution < 1.29 is 9.66 Å². The molecule has 0 N–H and O–H groups in total. The van der Waals surface area contributed by atoms with Crippen LogP contribution in [0.5, 0.6) is 5.75 Å². The van der Waals surface area contributed by atoms with Gasteiger partial charge in [-0.25, -0.2) is 0 Å². The summed E-state index contributed by atoms with van der Waals surface area (Å²) in [5.74, 6) is 0.256. The SMILES string of the molecule is O=[N+]([O-])c1ccc(CBr)cc1OCc1cccc(Cl)c1. The maximum Gasteiger partial charge on any atom is 0.310 e. The van der Waals surface area contributed by atoms with Gasteiger partial charge in [-0.3, -0.25) is 10.1 Å². The maximum atomic E-state index is 11.0. The van der Waals surface area contributed by atoms with Crippen molar-refractivity contribution in [2.75, 3.05) is 0 Å². The van der Waals surface area contributed by atoms with Crippen molar-refractivity contribution in [3.8, 4) is 5.75 Å². The number of rotatable bonds is 5. The topological polar surface area (TPSA) is 52.4 Å². The number of nitrogens with zero attached hydrogens (tertiary/aromatic N) is 1. The van der Waals surface area contributed by atoms with Gasteiger partial charge < -0.3 is 4.74 Å². The molecule has 0 saturated carbocycles. The number of halogens is 2. The molecule has 0 atom stereocenters. The van der Waals surface area contributed by atoms with Crippen LogP contribution in [0, 0.1) is 10.1 Å². The van der Waals surface area contributed by atoms with Gasteiger partial charge in [-0.1, -0.05) is 45.7 Å². The summed E-state index contributed by atoms with van der Waals surface area (Å²) < 4.78 is 5.56. The molecule has 20 heavy (non-hydrogen) atoms. The average molecular weight is 357 g/mol. The fourth-order valence-corrected chi connectivity index (χ4v) is 2.26. The van der Waals surface area contributed by atoms with Crippen LogP contribution in [-0.2, 0) is 11.9 Å². The van der Waals surface area contributed by atoms with Gasteiger partial charge in [0, 0.05) is 16.4 Å². The van der Waals surface area contributed by atoms with Crippen molar-refractivity contribution >= 4 is 33.2 Å². The van der Waals surface area contributed by atoms with E-state index in [-0.39, 0.29) is 18.0 Å². The Labute approximate surface area is 129 Å². The number of nitro groups is 1. The number of hydrogen-bond acceptors (Lipinski definition) is 3. The Morgan fingerprint density at radius 2 is 2.00 bits per heavy atom. The number of benzene rings is 2. The highest BCUT2D eigenvalue weighted by Gasteiger charge is 2.15. The van der Waals surface area contributed by atoms with Crippen LogP contribution in [0.1, 0.15) is 11.1 Å². The Morgan fingerprint density at radius 1 is 1.20 bits per heavy atom. The third-order valence-corrected chi connectivity index (χ3v) is 3.54. The largest absolute Gasteiger partial charge is 0.482 e. The van der Waals surface area contributed by atoms with Gasteiger partial charge in [0.1, 0.15) is 6.61 Å². The predicted octanol–water partition coefficient (Wildman–Crippen LogP) is 4.72. The molecule has 4 nitrogen and oxygen atoms in total. The molecule has 0 aliphatic heterocycles. The van der Waals surface area contributed by atoms with E-state index in [1.54, 1.807) is 24.3 Å². The van der Waals surface area contributed by atoms with Gasteiger partial charge in [-0.2, -0.15) is 0 Å². The summed E-state index contributed by atoms with van der Waals surface area (Å²) in [6, 6.07) is 12.0. The molecular weight excluding hydrogens is 346 g/mol. The lowest BCUT2D eigenvalue weighted by molar-refractivity contribution is -0.386. The van der Waals surface area contributed by atoms with Crippen LogP contribution in [-0.4, -0.2) is 4.92 Å². The van der Waals surface area contributed by atoms with Crippen molar-refractivity contribution in [3.05, 3.63) is 68.7 Å². The van der Waals surface area contributed by atoms with Crippen LogP contribution in [0.3, 0.4) is 0 Å². The molecule has 0 heterocycles. The third kappa shape index (κ3) is 3.71. The Kier molecular flexibility index (Phi) is 4.98. The van der Waals surface area contributed by atoms with E-state index in [9.17, 15) is 10.1 Å². The fourth-order valence-electron chi connectivity index (χ4n) is 1.70. The van der Waals surface area contributed by atoms with Gasteiger partial charge >= 0.3 is 5.69 Å². The summed E-state index contributed by atoms with van der Waals surface area (Å²) in [7, 11) is 0. The van der Waals surface area contributed by atoms with E-state index in [1.165, 1.54) is 6.07 Å². The lowest BCUT2D eigenvalue weighted by Crippen LogP contribution is -1.99. The van der Waals surface area contributed by atoms with Gasteiger partial charge in [-0.05, 0) is 29.3 Å². The highest BCUT2D eigenvalue weighted by Crippen LogP contribution is 2.29. The summed E-state index contributed by atoms with van der Waals surface area (Å²) in [6.45, 7) is 0.229. The number of alkyl halides is 1. The summed E-state index contributed by atoms with van der Waals surface area (Å²) in [5.41, 5.74) is 1.73. The molecule has 2 aromatic rings. The maximum absolute atomic E-state index is 11.0. The summed E-state index contributed by atoms with van der Waals surface area (Å²) in [6.07, 6.45) is 0. The molecule has 0 saturated heterocycles. The third-order valence-electron chi connectivity index (χ3n) is 2.66.